The minimum atomic E-state index is -0.445. The van der Waals surface area contributed by atoms with Crippen molar-refractivity contribution >= 4 is 11.6 Å². The first-order valence-corrected chi connectivity index (χ1v) is 4.62. The molecule has 0 aliphatic rings. The predicted molar refractivity (Wildman–Crippen MR) is 55.7 cm³/mol. The van der Waals surface area contributed by atoms with Crippen molar-refractivity contribution < 1.29 is 9.59 Å². The molecule has 0 unspecified atom stereocenters. The van der Waals surface area contributed by atoms with Gasteiger partial charge in [-0.25, -0.2) is 0 Å². The Kier molecular flexibility index (Phi) is 5.99. The van der Waals surface area contributed by atoms with E-state index in [1.807, 2.05) is 0 Å². The largest absolute Gasteiger partial charge is 0.321 e. The van der Waals surface area contributed by atoms with Gasteiger partial charge in [0.2, 0.25) is 0 Å². The fourth-order valence-corrected chi connectivity index (χ4v) is 0.818. The molecule has 0 aliphatic carbocycles. The van der Waals surface area contributed by atoms with Gasteiger partial charge in [-0.05, 0) is 26.7 Å². The van der Waals surface area contributed by atoms with Crippen LogP contribution in [0.25, 0.3) is 0 Å². The predicted octanol–water partition coefficient (Wildman–Crippen LogP) is 0.155. The van der Waals surface area contributed by atoms with Crippen molar-refractivity contribution in [2.75, 3.05) is 0 Å². The van der Waals surface area contributed by atoms with Gasteiger partial charge in [0, 0.05) is 0 Å². The third-order valence-electron chi connectivity index (χ3n) is 1.99. The van der Waals surface area contributed by atoms with E-state index in [4.69, 9.17) is 11.5 Å². The van der Waals surface area contributed by atoms with Crippen LogP contribution in [0.5, 0.6) is 0 Å². The second kappa shape index (κ2) is 6.45. The fourth-order valence-electron chi connectivity index (χ4n) is 0.818. The molecule has 0 saturated carbocycles. The highest BCUT2D eigenvalue weighted by atomic mass is 16.1. The Labute approximate surface area is 84.3 Å². The zero-order chi connectivity index (χ0) is 11.1. The average molecular weight is 198 g/mol. The van der Waals surface area contributed by atoms with Crippen molar-refractivity contribution in [3.63, 3.8) is 0 Å². The van der Waals surface area contributed by atoms with Gasteiger partial charge in [0.05, 0.1) is 12.1 Å². The first-order chi connectivity index (χ1) is 6.45. The van der Waals surface area contributed by atoms with E-state index in [2.05, 4.69) is 0 Å². The SMILES string of the molecule is CC(=O)[C@@H](N)C/C=C\C[C@H](N)C(C)=O. The summed E-state index contributed by atoms with van der Waals surface area (Å²) in [6.07, 6.45) is 4.57. The van der Waals surface area contributed by atoms with Crippen LogP contribution in [0.4, 0.5) is 0 Å². The lowest BCUT2D eigenvalue weighted by Gasteiger charge is -2.04. The van der Waals surface area contributed by atoms with Crippen LogP contribution in [0.2, 0.25) is 0 Å². The lowest BCUT2D eigenvalue weighted by molar-refractivity contribution is -0.119. The van der Waals surface area contributed by atoms with Gasteiger partial charge in [0.25, 0.3) is 0 Å². The molecule has 0 bridgehead atoms. The Balaban J connectivity index is 3.74. The number of nitrogens with two attached hydrogens (primary N) is 2. The van der Waals surface area contributed by atoms with Gasteiger partial charge in [0.15, 0.2) is 0 Å². The molecular weight excluding hydrogens is 180 g/mol. The molecule has 4 heteroatoms. The molecule has 0 aromatic heterocycles. The third-order valence-corrected chi connectivity index (χ3v) is 1.99. The van der Waals surface area contributed by atoms with Crippen LogP contribution in [0.3, 0.4) is 0 Å². The smallest absolute Gasteiger partial charge is 0.146 e. The van der Waals surface area contributed by atoms with Crippen LogP contribution in [0.15, 0.2) is 12.2 Å². The molecule has 0 aromatic carbocycles. The van der Waals surface area contributed by atoms with Crippen LogP contribution in [-0.4, -0.2) is 23.7 Å². The Morgan fingerprint density at radius 2 is 1.29 bits per heavy atom. The Bertz CT molecular complexity index is 212. The van der Waals surface area contributed by atoms with Crippen molar-refractivity contribution in [3.05, 3.63) is 12.2 Å². The van der Waals surface area contributed by atoms with Crippen LogP contribution < -0.4 is 11.5 Å². The summed E-state index contributed by atoms with van der Waals surface area (Å²) in [5.41, 5.74) is 11.0. The number of carbonyl (C=O) groups excluding carboxylic acids is 2. The number of rotatable bonds is 6. The maximum absolute atomic E-state index is 10.7. The van der Waals surface area contributed by atoms with E-state index in [9.17, 15) is 9.59 Å². The molecule has 0 radical (unpaired) electrons. The van der Waals surface area contributed by atoms with Crippen molar-refractivity contribution in [3.8, 4) is 0 Å². The summed E-state index contributed by atoms with van der Waals surface area (Å²) in [6.45, 7) is 2.92. The molecule has 4 N–H and O–H groups in total. The molecular formula is C10H18N2O2. The molecule has 4 nitrogen and oxygen atoms in total. The zero-order valence-corrected chi connectivity index (χ0v) is 8.69. The van der Waals surface area contributed by atoms with E-state index in [1.54, 1.807) is 12.2 Å². The molecule has 0 fully saturated rings. The molecule has 0 saturated heterocycles. The summed E-state index contributed by atoms with van der Waals surface area (Å²) in [4.78, 5) is 21.5. The first kappa shape index (κ1) is 13.0. The van der Waals surface area contributed by atoms with Gasteiger partial charge in [-0.2, -0.15) is 0 Å². The minimum Gasteiger partial charge on any atom is -0.321 e. The van der Waals surface area contributed by atoms with E-state index < -0.39 is 12.1 Å². The Morgan fingerprint density at radius 3 is 1.50 bits per heavy atom. The highest BCUT2D eigenvalue weighted by molar-refractivity contribution is 5.81. The van der Waals surface area contributed by atoms with E-state index in [0.717, 1.165) is 0 Å². The van der Waals surface area contributed by atoms with Crippen molar-refractivity contribution in [2.24, 2.45) is 11.5 Å². The Morgan fingerprint density at radius 1 is 1.00 bits per heavy atom. The summed E-state index contributed by atoms with van der Waals surface area (Å²) in [7, 11) is 0. The van der Waals surface area contributed by atoms with Crippen molar-refractivity contribution in [1.82, 2.24) is 0 Å². The fraction of sp³-hybridized carbons (Fsp3) is 0.600. The van der Waals surface area contributed by atoms with Gasteiger partial charge < -0.3 is 11.5 Å². The van der Waals surface area contributed by atoms with E-state index in [0.29, 0.717) is 12.8 Å². The van der Waals surface area contributed by atoms with E-state index >= 15 is 0 Å². The van der Waals surface area contributed by atoms with E-state index in [-0.39, 0.29) is 11.6 Å². The van der Waals surface area contributed by atoms with Crippen molar-refractivity contribution in [2.45, 2.75) is 38.8 Å². The summed E-state index contributed by atoms with van der Waals surface area (Å²) in [6, 6.07) is -0.889. The third kappa shape index (κ3) is 5.61. The van der Waals surface area contributed by atoms with Gasteiger partial charge in [-0.15, -0.1) is 0 Å². The lowest BCUT2D eigenvalue weighted by atomic mass is 10.1. The first-order valence-electron chi connectivity index (χ1n) is 4.62. The maximum Gasteiger partial charge on any atom is 0.146 e. The highest BCUT2D eigenvalue weighted by Gasteiger charge is 2.06. The number of hydrogen-bond donors (Lipinski definition) is 2. The summed E-state index contributed by atoms with van der Waals surface area (Å²) in [5.74, 6) is -0.0731. The van der Waals surface area contributed by atoms with Crippen LogP contribution in [0.1, 0.15) is 26.7 Å². The average Bonchev–Trinajstić information content (AvgIpc) is 2.11. The summed E-state index contributed by atoms with van der Waals surface area (Å²) in [5, 5.41) is 0. The topological polar surface area (TPSA) is 86.2 Å². The van der Waals surface area contributed by atoms with Crippen molar-refractivity contribution in [1.29, 1.82) is 0 Å². The zero-order valence-electron chi connectivity index (χ0n) is 8.69. The van der Waals surface area contributed by atoms with Gasteiger partial charge in [-0.3, -0.25) is 9.59 Å². The molecule has 0 rings (SSSR count). The summed E-state index contributed by atoms with van der Waals surface area (Å²) >= 11 is 0. The quantitative estimate of drug-likeness (QED) is 0.595. The minimum absolute atomic E-state index is 0.0366. The maximum atomic E-state index is 10.7. The molecule has 0 heterocycles. The molecule has 0 amide bonds. The molecule has 80 valence electrons. The van der Waals surface area contributed by atoms with Crippen LogP contribution in [0, 0.1) is 0 Å². The van der Waals surface area contributed by atoms with E-state index in [1.165, 1.54) is 13.8 Å². The van der Waals surface area contributed by atoms with Gasteiger partial charge in [-0.1, -0.05) is 12.2 Å². The van der Waals surface area contributed by atoms with Gasteiger partial charge >= 0.3 is 0 Å². The standard InChI is InChI=1S/C10H18N2O2/c1-7(13)9(11)5-3-4-6-10(12)8(2)14/h3-4,9-10H,5-6,11-12H2,1-2H3/b4-3-/t9-,10-/m0/s1. The lowest BCUT2D eigenvalue weighted by Crippen LogP contribution is -2.28. The number of Topliss-reactive ketones (excluding diaryl/α,β-unsaturated/α-hetero) is 2. The number of hydrogen-bond acceptors (Lipinski definition) is 4. The summed E-state index contributed by atoms with van der Waals surface area (Å²) < 4.78 is 0. The molecule has 0 aliphatic heterocycles. The molecule has 2 atom stereocenters. The Hall–Kier alpha value is -1.00. The van der Waals surface area contributed by atoms with Gasteiger partial charge in [0.1, 0.15) is 11.6 Å². The molecule has 0 spiro atoms. The highest BCUT2D eigenvalue weighted by Crippen LogP contribution is 1.96. The molecule has 14 heavy (non-hydrogen) atoms. The normalized spacial score (nSPS) is 15.4. The monoisotopic (exact) mass is 198 g/mol. The second-order valence-electron chi connectivity index (χ2n) is 3.38. The number of ketones is 2. The van der Waals surface area contributed by atoms with Crippen LogP contribution in [-0.2, 0) is 9.59 Å². The molecule has 0 aromatic rings. The number of carbonyl (C=O) groups is 2. The second-order valence-corrected chi connectivity index (χ2v) is 3.38. The van der Waals surface area contributed by atoms with Crippen LogP contribution >= 0.6 is 0 Å².